The van der Waals surface area contributed by atoms with E-state index in [1.165, 1.54) is 11.1 Å². The van der Waals surface area contributed by atoms with Crippen molar-refractivity contribution in [3.05, 3.63) is 65.7 Å². The molecule has 0 amide bonds. The lowest BCUT2D eigenvalue weighted by atomic mass is 9.77. The third kappa shape index (κ3) is 4.42. The fraction of sp³-hybridized carbons (Fsp3) is 0.455. The molecule has 1 atom stereocenters. The Morgan fingerprint density at radius 3 is 2.24 bits per heavy atom. The van der Waals surface area contributed by atoms with Crippen LogP contribution in [0.2, 0.25) is 0 Å². The van der Waals surface area contributed by atoms with Crippen molar-refractivity contribution in [2.24, 2.45) is 0 Å². The van der Waals surface area contributed by atoms with Gasteiger partial charge in [0.25, 0.3) is 0 Å². The fourth-order valence-corrected chi connectivity index (χ4v) is 3.67. The van der Waals surface area contributed by atoms with Crippen molar-refractivity contribution in [1.82, 2.24) is 4.90 Å². The normalized spacial score (nSPS) is 17.2. The van der Waals surface area contributed by atoms with Crippen molar-refractivity contribution >= 4 is 0 Å². The van der Waals surface area contributed by atoms with Crippen LogP contribution in [0.3, 0.4) is 0 Å². The maximum absolute atomic E-state index is 5.57. The molecule has 0 radical (unpaired) electrons. The predicted molar refractivity (Wildman–Crippen MR) is 102 cm³/mol. The summed E-state index contributed by atoms with van der Waals surface area (Å²) in [6, 6.07) is 19.8. The van der Waals surface area contributed by atoms with Gasteiger partial charge >= 0.3 is 0 Å². The van der Waals surface area contributed by atoms with Gasteiger partial charge in [-0.25, -0.2) is 0 Å². The molecule has 0 spiro atoms. The van der Waals surface area contributed by atoms with E-state index in [2.05, 4.69) is 73.3 Å². The largest absolute Gasteiger partial charge is 0.497 e. The summed E-state index contributed by atoms with van der Waals surface area (Å²) < 4.78 is 10.9. The molecule has 0 saturated carbocycles. The van der Waals surface area contributed by atoms with E-state index < -0.39 is 0 Å². The standard InChI is InChI=1S/C22H29NO2/c1-22(2,19-9-11-20(24-3)12-10-19)17-21(18-7-5-4-6-8-18)23-13-15-25-16-14-23/h4-12,21H,13-17H2,1-3H3. The minimum Gasteiger partial charge on any atom is -0.497 e. The number of hydrogen-bond acceptors (Lipinski definition) is 3. The smallest absolute Gasteiger partial charge is 0.118 e. The molecular formula is C22H29NO2. The molecule has 3 nitrogen and oxygen atoms in total. The van der Waals surface area contributed by atoms with Gasteiger partial charge in [-0.2, -0.15) is 0 Å². The molecule has 2 aromatic carbocycles. The number of benzene rings is 2. The Labute approximate surface area is 151 Å². The van der Waals surface area contributed by atoms with E-state index >= 15 is 0 Å². The Morgan fingerprint density at radius 2 is 1.64 bits per heavy atom. The first-order valence-electron chi connectivity index (χ1n) is 9.11. The maximum Gasteiger partial charge on any atom is 0.118 e. The van der Waals surface area contributed by atoms with Crippen molar-refractivity contribution in [3.63, 3.8) is 0 Å². The molecule has 1 aliphatic rings. The Bertz CT molecular complexity index is 645. The number of rotatable bonds is 6. The third-order valence-electron chi connectivity index (χ3n) is 5.25. The second-order valence-electron chi connectivity index (χ2n) is 7.39. The van der Waals surface area contributed by atoms with Crippen LogP contribution in [-0.4, -0.2) is 38.3 Å². The summed E-state index contributed by atoms with van der Waals surface area (Å²) in [6.07, 6.45) is 1.07. The van der Waals surface area contributed by atoms with Crippen molar-refractivity contribution in [3.8, 4) is 5.75 Å². The van der Waals surface area contributed by atoms with Gasteiger partial charge in [0, 0.05) is 19.1 Å². The van der Waals surface area contributed by atoms with Crippen LogP contribution < -0.4 is 4.74 Å². The van der Waals surface area contributed by atoms with Gasteiger partial charge in [-0.1, -0.05) is 56.3 Å². The first-order valence-corrected chi connectivity index (χ1v) is 9.11. The number of nitrogens with zero attached hydrogens (tertiary/aromatic N) is 1. The first kappa shape index (κ1) is 18.0. The van der Waals surface area contributed by atoms with Crippen molar-refractivity contribution in [2.45, 2.75) is 31.7 Å². The molecule has 1 heterocycles. The van der Waals surface area contributed by atoms with Crippen LogP contribution in [0.5, 0.6) is 5.75 Å². The Balaban J connectivity index is 1.84. The second-order valence-corrected chi connectivity index (χ2v) is 7.39. The minimum absolute atomic E-state index is 0.0745. The van der Waals surface area contributed by atoms with Crippen molar-refractivity contribution in [1.29, 1.82) is 0 Å². The molecule has 25 heavy (non-hydrogen) atoms. The molecule has 0 aliphatic carbocycles. The number of methoxy groups -OCH3 is 1. The van der Waals surface area contributed by atoms with E-state index in [0.29, 0.717) is 6.04 Å². The summed E-state index contributed by atoms with van der Waals surface area (Å²) in [5.41, 5.74) is 2.82. The Kier molecular flexibility index (Phi) is 5.77. The average Bonchev–Trinajstić information content (AvgIpc) is 2.67. The molecule has 1 unspecified atom stereocenters. The molecule has 3 heteroatoms. The molecule has 1 saturated heterocycles. The molecule has 1 aliphatic heterocycles. The van der Waals surface area contributed by atoms with Crippen LogP contribution in [0.15, 0.2) is 54.6 Å². The van der Waals surface area contributed by atoms with Gasteiger partial charge in [-0.05, 0) is 35.1 Å². The highest BCUT2D eigenvalue weighted by Gasteiger charge is 2.30. The van der Waals surface area contributed by atoms with Crippen LogP contribution in [0.1, 0.15) is 37.4 Å². The Hall–Kier alpha value is -1.84. The first-order chi connectivity index (χ1) is 12.1. The molecule has 2 aromatic rings. The molecule has 0 N–H and O–H groups in total. The highest BCUT2D eigenvalue weighted by molar-refractivity contribution is 5.32. The van der Waals surface area contributed by atoms with Crippen LogP contribution in [0.25, 0.3) is 0 Å². The summed E-state index contributed by atoms with van der Waals surface area (Å²) in [7, 11) is 1.71. The topological polar surface area (TPSA) is 21.7 Å². The lowest BCUT2D eigenvalue weighted by Crippen LogP contribution is -2.41. The van der Waals surface area contributed by atoms with Crippen LogP contribution >= 0.6 is 0 Å². The van der Waals surface area contributed by atoms with Crippen LogP contribution in [-0.2, 0) is 10.2 Å². The van der Waals surface area contributed by atoms with E-state index in [-0.39, 0.29) is 5.41 Å². The van der Waals surface area contributed by atoms with Crippen molar-refractivity contribution < 1.29 is 9.47 Å². The summed E-state index contributed by atoms with van der Waals surface area (Å²) in [4.78, 5) is 2.57. The van der Waals surface area contributed by atoms with Crippen LogP contribution in [0, 0.1) is 0 Å². The number of morpholine rings is 1. The lowest BCUT2D eigenvalue weighted by molar-refractivity contribution is 0.0100. The van der Waals surface area contributed by atoms with Crippen LogP contribution in [0.4, 0.5) is 0 Å². The van der Waals surface area contributed by atoms with Gasteiger partial charge in [0.1, 0.15) is 5.75 Å². The molecular weight excluding hydrogens is 310 g/mol. The molecule has 3 rings (SSSR count). The zero-order valence-corrected chi connectivity index (χ0v) is 15.6. The highest BCUT2D eigenvalue weighted by atomic mass is 16.5. The monoisotopic (exact) mass is 339 g/mol. The third-order valence-corrected chi connectivity index (χ3v) is 5.25. The predicted octanol–water partition coefficient (Wildman–Crippen LogP) is 4.44. The molecule has 0 bridgehead atoms. The Morgan fingerprint density at radius 1 is 1.00 bits per heavy atom. The van der Waals surface area contributed by atoms with Gasteiger partial charge in [-0.15, -0.1) is 0 Å². The van der Waals surface area contributed by atoms with E-state index in [0.717, 1.165) is 38.5 Å². The quantitative estimate of drug-likeness (QED) is 0.777. The van der Waals surface area contributed by atoms with E-state index in [4.69, 9.17) is 9.47 Å². The number of hydrogen-bond donors (Lipinski definition) is 0. The molecule has 134 valence electrons. The van der Waals surface area contributed by atoms with E-state index in [1.807, 2.05) is 0 Å². The summed E-state index contributed by atoms with van der Waals surface area (Å²) in [5, 5.41) is 0. The maximum atomic E-state index is 5.57. The van der Waals surface area contributed by atoms with Gasteiger partial charge in [0.05, 0.1) is 20.3 Å². The SMILES string of the molecule is COc1ccc(C(C)(C)CC(c2ccccc2)N2CCOCC2)cc1. The minimum atomic E-state index is 0.0745. The van der Waals surface area contributed by atoms with E-state index in [9.17, 15) is 0 Å². The zero-order chi connectivity index (χ0) is 17.7. The highest BCUT2D eigenvalue weighted by Crippen LogP contribution is 2.37. The van der Waals surface area contributed by atoms with Crippen molar-refractivity contribution in [2.75, 3.05) is 33.4 Å². The van der Waals surface area contributed by atoms with Gasteiger partial charge in [0.15, 0.2) is 0 Å². The average molecular weight is 339 g/mol. The number of ether oxygens (including phenoxy) is 2. The second kappa shape index (κ2) is 8.03. The summed E-state index contributed by atoms with van der Waals surface area (Å²) >= 11 is 0. The molecule has 0 aromatic heterocycles. The van der Waals surface area contributed by atoms with Gasteiger partial charge < -0.3 is 9.47 Å². The zero-order valence-electron chi connectivity index (χ0n) is 15.6. The summed E-state index contributed by atoms with van der Waals surface area (Å²) in [6.45, 7) is 8.32. The molecule has 1 fully saturated rings. The lowest BCUT2D eigenvalue weighted by Gasteiger charge is -2.39. The van der Waals surface area contributed by atoms with Gasteiger partial charge in [-0.3, -0.25) is 4.90 Å². The summed E-state index contributed by atoms with van der Waals surface area (Å²) in [5.74, 6) is 0.910. The fourth-order valence-electron chi connectivity index (χ4n) is 3.67. The van der Waals surface area contributed by atoms with E-state index in [1.54, 1.807) is 7.11 Å². The van der Waals surface area contributed by atoms with Gasteiger partial charge in [0.2, 0.25) is 0 Å².